The Morgan fingerprint density at radius 3 is 1.96 bits per heavy atom. The number of carboxylic acid groups (broad SMARTS) is 1. The standard InChI is InChI=1S/C40H55N3O6S4/c1-4-7-8-9-10-11-12-13-14-15-16-17-18-19-20-21-26-42-30-27-29(49-35(46)5-2)22-23-31(30)51-33(42)25-24-32-37(47)43(28-34(44)45)39(52-32)36-38(48)41(6-3)40(50)53-36/h22-25,27H,4-21,26,28H2,1-3H3,(H,44,45)/b32-24?,33-25?,39-36-. The zero-order valence-corrected chi connectivity index (χ0v) is 34.8. The highest BCUT2D eigenvalue weighted by Crippen LogP contribution is 2.47. The van der Waals surface area contributed by atoms with Crippen molar-refractivity contribution in [3.05, 3.63) is 48.9 Å². The first-order chi connectivity index (χ1) is 25.7. The summed E-state index contributed by atoms with van der Waals surface area (Å²) in [5.74, 6) is -1.30. The van der Waals surface area contributed by atoms with Gasteiger partial charge in [-0.3, -0.25) is 28.6 Å². The number of allylic oxidation sites excluding steroid dienone is 1. The molecule has 3 heterocycles. The van der Waals surface area contributed by atoms with Gasteiger partial charge in [0.25, 0.3) is 11.5 Å². The van der Waals surface area contributed by atoms with E-state index in [9.17, 15) is 24.3 Å². The molecule has 0 unspecified atom stereocenters. The number of fused-ring (bicyclic) bond motifs is 1. The number of amides is 1. The molecule has 1 amide bonds. The van der Waals surface area contributed by atoms with Crippen molar-refractivity contribution in [3.63, 3.8) is 0 Å². The number of aliphatic carboxylic acids is 1. The number of unbranched alkanes of at least 4 members (excludes halogenated alkanes) is 15. The lowest BCUT2D eigenvalue weighted by atomic mass is 10.0. The fourth-order valence-corrected chi connectivity index (χ4v) is 10.1. The van der Waals surface area contributed by atoms with Gasteiger partial charge < -0.3 is 14.7 Å². The van der Waals surface area contributed by atoms with E-state index in [1.54, 1.807) is 30.8 Å². The highest BCUT2D eigenvalue weighted by molar-refractivity contribution is 8.30. The van der Waals surface area contributed by atoms with Crippen molar-refractivity contribution in [3.8, 4) is 5.75 Å². The van der Waals surface area contributed by atoms with Crippen molar-refractivity contribution in [2.24, 2.45) is 0 Å². The molecule has 2 aliphatic rings. The number of carbonyl (C=O) groups is 3. The van der Waals surface area contributed by atoms with Gasteiger partial charge in [0.05, 0.1) is 15.2 Å². The van der Waals surface area contributed by atoms with Gasteiger partial charge in [-0.15, -0.1) is 11.3 Å². The van der Waals surface area contributed by atoms with E-state index in [2.05, 4.69) is 11.8 Å². The maximum Gasteiger partial charge on any atom is 0.323 e. The maximum absolute atomic E-state index is 13.5. The molecular weight excluding hydrogens is 747 g/mol. The molecule has 0 radical (unpaired) electrons. The van der Waals surface area contributed by atoms with Crippen molar-refractivity contribution in [2.45, 2.75) is 141 Å². The van der Waals surface area contributed by atoms with E-state index in [1.165, 1.54) is 94.8 Å². The van der Waals surface area contributed by atoms with E-state index in [1.807, 2.05) is 25.1 Å². The zero-order valence-electron chi connectivity index (χ0n) is 31.5. The Labute approximate surface area is 331 Å². The topological polar surface area (TPSA) is 109 Å². The Morgan fingerprint density at radius 2 is 1.42 bits per heavy atom. The Kier molecular flexibility index (Phi) is 18.2. The molecule has 4 rings (SSSR count). The number of ether oxygens (including phenoxy) is 1. The van der Waals surface area contributed by atoms with Crippen LogP contribution in [-0.2, 0) is 20.9 Å². The number of hydrogen-bond acceptors (Lipinski definition) is 10. The Hall–Kier alpha value is -2.87. The zero-order chi connectivity index (χ0) is 38.2. The molecule has 2 aromatic rings. The second kappa shape index (κ2) is 22.5. The average molecular weight is 802 g/mol. The molecule has 13 heteroatoms. The number of carbonyl (C=O) groups excluding carboxylic acids is 2. The molecule has 0 aliphatic carbocycles. The van der Waals surface area contributed by atoms with Gasteiger partial charge in [0.1, 0.15) is 26.2 Å². The van der Waals surface area contributed by atoms with Gasteiger partial charge in [0.15, 0.2) is 0 Å². The summed E-state index contributed by atoms with van der Waals surface area (Å²) in [5.41, 5.74) is 0.480. The fraction of sp³-hybridized carbons (Fsp3) is 0.575. The molecule has 0 bridgehead atoms. The van der Waals surface area contributed by atoms with E-state index in [4.69, 9.17) is 17.0 Å². The second-order valence-electron chi connectivity index (χ2n) is 13.5. The predicted molar refractivity (Wildman–Crippen MR) is 224 cm³/mol. The van der Waals surface area contributed by atoms with Crippen LogP contribution in [0, 0.1) is 0 Å². The molecule has 290 valence electrons. The number of hydrogen-bond donors (Lipinski definition) is 1. The number of anilines is 1. The van der Waals surface area contributed by atoms with Gasteiger partial charge in [-0.2, -0.15) is 0 Å². The summed E-state index contributed by atoms with van der Waals surface area (Å²) in [6.45, 7) is 6.44. The van der Waals surface area contributed by atoms with Crippen LogP contribution in [0.15, 0.2) is 39.0 Å². The SMILES string of the molecule is CCCCCCCCCCCCCCCCCCN1C(=CC=c2s/c(=C3\SC(=S)N(CC)C3=O)n(CC(=O)O)c2=O)Sc2ccc(OC(=O)CC)cc21. The van der Waals surface area contributed by atoms with Crippen molar-refractivity contribution >= 4 is 85.9 Å². The molecule has 0 spiro atoms. The normalized spacial score (nSPS) is 16.4. The number of benzene rings is 1. The van der Waals surface area contributed by atoms with Crippen LogP contribution in [0.4, 0.5) is 5.69 Å². The summed E-state index contributed by atoms with van der Waals surface area (Å²) < 4.78 is 7.70. The number of esters is 1. The molecular formula is C40H55N3O6S4. The molecule has 1 saturated heterocycles. The second-order valence-corrected chi connectivity index (χ2v) is 17.2. The van der Waals surface area contributed by atoms with Crippen LogP contribution in [0.5, 0.6) is 5.75 Å². The lowest BCUT2D eigenvalue weighted by Crippen LogP contribution is -2.35. The minimum absolute atomic E-state index is 0.273. The van der Waals surface area contributed by atoms with Crippen LogP contribution in [0.25, 0.3) is 11.0 Å². The lowest BCUT2D eigenvalue weighted by Gasteiger charge is -2.20. The molecule has 0 saturated carbocycles. The molecule has 2 aliphatic heterocycles. The summed E-state index contributed by atoms with van der Waals surface area (Å²) >= 11 is 9.14. The highest BCUT2D eigenvalue weighted by atomic mass is 32.2. The summed E-state index contributed by atoms with van der Waals surface area (Å²) in [4.78, 5) is 55.4. The van der Waals surface area contributed by atoms with Gasteiger partial charge >= 0.3 is 11.9 Å². The lowest BCUT2D eigenvalue weighted by molar-refractivity contribution is -0.138. The van der Waals surface area contributed by atoms with Gasteiger partial charge in [-0.05, 0) is 37.6 Å². The van der Waals surface area contributed by atoms with Crippen LogP contribution < -0.4 is 24.4 Å². The van der Waals surface area contributed by atoms with Gasteiger partial charge in [0.2, 0.25) is 0 Å². The smallest absolute Gasteiger partial charge is 0.323 e. The van der Waals surface area contributed by atoms with Crippen LogP contribution >= 0.6 is 47.1 Å². The quantitative estimate of drug-likeness (QED) is 0.0507. The van der Waals surface area contributed by atoms with Gasteiger partial charge in [0, 0.05) is 30.5 Å². The third kappa shape index (κ3) is 12.6. The first-order valence-electron chi connectivity index (χ1n) is 19.4. The van der Waals surface area contributed by atoms with E-state index >= 15 is 0 Å². The minimum Gasteiger partial charge on any atom is -0.480 e. The van der Waals surface area contributed by atoms with E-state index in [0.717, 1.165) is 62.7 Å². The Balaban J connectivity index is 1.42. The highest BCUT2D eigenvalue weighted by Gasteiger charge is 2.33. The van der Waals surface area contributed by atoms with E-state index in [0.29, 0.717) is 25.8 Å². The third-order valence-electron chi connectivity index (χ3n) is 9.40. The number of nitrogens with zero attached hydrogens (tertiary/aromatic N) is 3. The van der Waals surface area contributed by atoms with E-state index < -0.39 is 18.1 Å². The maximum atomic E-state index is 13.5. The van der Waals surface area contributed by atoms with Crippen molar-refractivity contribution in [1.29, 1.82) is 0 Å². The van der Waals surface area contributed by atoms with Gasteiger partial charge in [-0.1, -0.05) is 146 Å². The largest absolute Gasteiger partial charge is 0.480 e. The molecule has 9 nitrogen and oxygen atoms in total. The minimum atomic E-state index is -1.17. The van der Waals surface area contributed by atoms with Crippen LogP contribution in [0.2, 0.25) is 0 Å². The van der Waals surface area contributed by atoms with Gasteiger partial charge in [-0.25, -0.2) is 0 Å². The van der Waals surface area contributed by atoms with Crippen molar-refractivity contribution in [1.82, 2.24) is 9.47 Å². The van der Waals surface area contributed by atoms with Crippen LogP contribution in [0.3, 0.4) is 0 Å². The first-order valence-corrected chi connectivity index (χ1v) is 22.3. The van der Waals surface area contributed by atoms with Crippen molar-refractivity contribution in [2.75, 3.05) is 18.0 Å². The molecule has 53 heavy (non-hydrogen) atoms. The number of carboxylic acids is 1. The number of thiocarbonyl (C=S) groups is 1. The summed E-state index contributed by atoms with van der Waals surface area (Å²) in [5, 5.41) is 10.5. The first kappa shape index (κ1) is 42.9. The van der Waals surface area contributed by atoms with E-state index in [-0.39, 0.29) is 23.2 Å². The molecule has 0 atom stereocenters. The molecule has 1 aromatic heterocycles. The molecule has 1 N–H and O–H groups in total. The van der Waals surface area contributed by atoms with Crippen molar-refractivity contribution < 1.29 is 24.2 Å². The summed E-state index contributed by atoms with van der Waals surface area (Å²) in [7, 11) is 0. The number of thiazole rings is 1. The third-order valence-corrected chi connectivity index (χ3v) is 13.2. The number of thioether (sulfide) groups is 2. The summed E-state index contributed by atoms with van der Waals surface area (Å²) in [6.07, 6.45) is 24.7. The average Bonchev–Trinajstić information content (AvgIpc) is 3.74. The van der Waals surface area contributed by atoms with Crippen LogP contribution in [0.1, 0.15) is 130 Å². The predicted octanol–water partition coefficient (Wildman–Crippen LogP) is 8.79. The number of rotatable bonds is 23. The molecule has 1 fully saturated rings. The summed E-state index contributed by atoms with van der Waals surface area (Å²) in [6, 6.07) is 5.64. The Morgan fingerprint density at radius 1 is 0.811 bits per heavy atom. The van der Waals surface area contributed by atoms with Crippen LogP contribution in [-0.4, -0.2) is 49.8 Å². The molecule has 1 aromatic carbocycles. The Bertz CT molecular complexity index is 1800. The number of aromatic nitrogens is 1. The fourth-order valence-electron chi connectivity index (χ4n) is 6.45. The monoisotopic (exact) mass is 801 g/mol.